The molecule has 1 fully saturated rings. The quantitative estimate of drug-likeness (QED) is 0.890. The Kier molecular flexibility index (Phi) is 4.72. The predicted octanol–water partition coefficient (Wildman–Crippen LogP) is 3.42. The van der Waals surface area contributed by atoms with Crippen LogP contribution in [0.2, 0.25) is 0 Å². The van der Waals surface area contributed by atoms with Crippen LogP contribution in [-0.4, -0.2) is 12.6 Å². The second kappa shape index (κ2) is 6.30. The van der Waals surface area contributed by atoms with Crippen molar-refractivity contribution in [3.8, 4) is 0 Å². The molecule has 0 aromatic heterocycles. The van der Waals surface area contributed by atoms with Crippen LogP contribution in [0.4, 0.5) is 4.39 Å². The first-order chi connectivity index (χ1) is 8.70. The molecular weight excluding hydrogens is 229 g/mol. The normalized spacial score (nSPS) is 25.9. The Bertz CT molecular complexity index is 383. The molecule has 0 saturated heterocycles. The van der Waals surface area contributed by atoms with E-state index in [-0.39, 0.29) is 18.0 Å². The number of hydrogen-bond acceptors (Lipinski definition) is 2. The van der Waals surface area contributed by atoms with Gasteiger partial charge in [-0.15, -0.1) is 0 Å². The fourth-order valence-corrected chi connectivity index (χ4v) is 2.67. The van der Waals surface area contributed by atoms with E-state index in [0.717, 1.165) is 12.0 Å². The van der Waals surface area contributed by atoms with Crippen LogP contribution in [0.3, 0.4) is 0 Å². The highest BCUT2D eigenvalue weighted by atomic mass is 19.1. The van der Waals surface area contributed by atoms with Gasteiger partial charge in [0.05, 0.1) is 12.2 Å². The highest BCUT2D eigenvalue weighted by molar-refractivity contribution is 5.19. The molecule has 2 nitrogen and oxygen atoms in total. The van der Waals surface area contributed by atoms with Crippen LogP contribution in [0.25, 0.3) is 0 Å². The number of rotatable bonds is 4. The number of halogens is 1. The van der Waals surface area contributed by atoms with Gasteiger partial charge in [-0.2, -0.15) is 0 Å². The van der Waals surface area contributed by atoms with Crippen molar-refractivity contribution >= 4 is 0 Å². The van der Waals surface area contributed by atoms with E-state index in [2.05, 4.69) is 6.92 Å². The monoisotopic (exact) mass is 251 g/mol. The lowest BCUT2D eigenvalue weighted by atomic mass is 9.87. The standard InChI is InChI=1S/C15H22FNO/c1-11-5-2-3-8-14(11)18-15(10-17)12-6-4-7-13(16)9-12/h4,6-7,9,11,14-15H,2-3,5,8,10,17H2,1H3. The van der Waals surface area contributed by atoms with Crippen molar-refractivity contribution in [3.05, 3.63) is 35.6 Å². The van der Waals surface area contributed by atoms with E-state index >= 15 is 0 Å². The van der Waals surface area contributed by atoms with Crippen LogP contribution in [-0.2, 0) is 4.74 Å². The molecule has 0 amide bonds. The van der Waals surface area contributed by atoms with Gasteiger partial charge in [-0.25, -0.2) is 4.39 Å². The smallest absolute Gasteiger partial charge is 0.123 e. The average Bonchev–Trinajstić information content (AvgIpc) is 2.38. The molecule has 1 aliphatic rings. The Morgan fingerprint density at radius 3 is 2.83 bits per heavy atom. The molecule has 18 heavy (non-hydrogen) atoms. The zero-order valence-electron chi connectivity index (χ0n) is 10.9. The second-order valence-electron chi connectivity index (χ2n) is 5.22. The fraction of sp³-hybridized carbons (Fsp3) is 0.600. The average molecular weight is 251 g/mol. The van der Waals surface area contributed by atoms with Gasteiger partial charge in [0, 0.05) is 6.54 Å². The van der Waals surface area contributed by atoms with Crippen molar-refractivity contribution in [2.45, 2.75) is 44.8 Å². The fourth-order valence-electron chi connectivity index (χ4n) is 2.67. The molecule has 3 atom stereocenters. The summed E-state index contributed by atoms with van der Waals surface area (Å²) in [6, 6.07) is 6.56. The summed E-state index contributed by atoms with van der Waals surface area (Å²) in [6.45, 7) is 2.62. The summed E-state index contributed by atoms with van der Waals surface area (Å²) in [5, 5.41) is 0. The maximum atomic E-state index is 13.2. The Morgan fingerprint density at radius 1 is 1.39 bits per heavy atom. The maximum absolute atomic E-state index is 13.2. The summed E-state index contributed by atoms with van der Waals surface area (Å²) in [4.78, 5) is 0. The van der Waals surface area contributed by atoms with Crippen LogP contribution in [0, 0.1) is 11.7 Å². The van der Waals surface area contributed by atoms with Gasteiger partial charge in [0.2, 0.25) is 0 Å². The van der Waals surface area contributed by atoms with Crippen molar-refractivity contribution in [3.63, 3.8) is 0 Å². The topological polar surface area (TPSA) is 35.2 Å². The molecule has 1 aliphatic carbocycles. The predicted molar refractivity (Wildman–Crippen MR) is 70.7 cm³/mol. The van der Waals surface area contributed by atoms with E-state index in [4.69, 9.17) is 10.5 Å². The van der Waals surface area contributed by atoms with Crippen molar-refractivity contribution < 1.29 is 9.13 Å². The molecule has 3 unspecified atom stereocenters. The minimum Gasteiger partial charge on any atom is -0.369 e. The SMILES string of the molecule is CC1CCCCC1OC(CN)c1cccc(F)c1. The summed E-state index contributed by atoms with van der Waals surface area (Å²) in [6.07, 6.45) is 4.88. The molecule has 2 N–H and O–H groups in total. The largest absolute Gasteiger partial charge is 0.369 e. The third kappa shape index (κ3) is 3.30. The number of hydrogen-bond donors (Lipinski definition) is 1. The van der Waals surface area contributed by atoms with Crippen LogP contribution in [0.1, 0.15) is 44.3 Å². The molecule has 0 heterocycles. The van der Waals surface area contributed by atoms with Gasteiger partial charge in [0.15, 0.2) is 0 Å². The zero-order valence-corrected chi connectivity index (χ0v) is 10.9. The van der Waals surface area contributed by atoms with Gasteiger partial charge >= 0.3 is 0 Å². The lowest BCUT2D eigenvalue weighted by Gasteiger charge is -2.32. The Morgan fingerprint density at radius 2 is 2.17 bits per heavy atom. The van der Waals surface area contributed by atoms with Crippen molar-refractivity contribution in [2.24, 2.45) is 11.7 Å². The third-order valence-electron chi connectivity index (χ3n) is 3.81. The van der Waals surface area contributed by atoms with Gasteiger partial charge in [-0.05, 0) is 36.5 Å². The number of nitrogens with two attached hydrogens (primary N) is 1. The highest BCUT2D eigenvalue weighted by Crippen LogP contribution is 2.30. The molecule has 1 aromatic carbocycles. The Hall–Kier alpha value is -0.930. The van der Waals surface area contributed by atoms with Crippen molar-refractivity contribution in [2.75, 3.05) is 6.54 Å². The zero-order chi connectivity index (χ0) is 13.0. The van der Waals surface area contributed by atoms with E-state index in [9.17, 15) is 4.39 Å². The first-order valence-electron chi connectivity index (χ1n) is 6.81. The molecule has 0 aliphatic heterocycles. The van der Waals surface area contributed by atoms with Crippen LogP contribution >= 0.6 is 0 Å². The van der Waals surface area contributed by atoms with E-state index in [0.29, 0.717) is 12.5 Å². The third-order valence-corrected chi connectivity index (χ3v) is 3.81. The van der Waals surface area contributed by atoms with Crippen LogP contribution < -0.4 is 5.73 Å². The Balaban J connectivity index is 2.04. The number of benzene rings is 1. The Labute approximate surface area is 108 Å². The van der Waals surface area contributed by atoms with Gasteiger partial charge in [-0.1, -0.05) is 31.9 Å². The van der Waals surface area contributed by atoms with E-state index in [1.165, 1.54) is 31.4 Å². The lowest BCUT2D eigenvalue weighted by molar-refractivity contribution is -0.0534. The van der Waals surface area contributed by atoms with Crippen molar-refractivity contribution in [1.82, 2.24) is 0 Å². The molecule has 0 bridgehead atoms. The maximum Gasteiger partial charge on any atom is 0.123 e. The summed E-state index contributed by atoms with van der Waals surface area (Å²) in [5.41, 5.74) is 6.61. The molecule has 0 radical (unpaired) electrons. The molecule has 2 rings (SSSR count). The van der Waals surface area contributed by atoms with Crippen LogP contribution in [0.15, 0.2) is 24.3 Å². The van der Waals surface area contributed by atoms with E-state index in [1.54, 1.807) is 6.07 Å². The molecule has 100 valence electrons. The van der Waals surface area contributed by atoms with Gasteiger partial charge in [0.25, 0.3) is 0 Å². The van der Waals surface area contributed by atoms with Crippen LogP contribution in [0.5, 0.6) is 0 Å². The van der Waals surface area contributed by atoms with Crippen molar-refractivity contribution in [1.29, 1.82) is 0 Å². The van der Waals surface area contributed by atoms with Gasteiger partial charge in [-0.3, -0.25) is 0 Å². The van der Waals surface area contributed by atoms with E-state index < -0.39 is 0 Å². The highest BCUT2D eigenvalue weighted by Gasteiger charge is 2.25. The second-order valence-corrected chi connectivity index (χ2v) is 5.22. The summed E-state index contributed by atoms with van der Waals surface area (Å²) in [5.74, 6) is 0.340. The lowest BCUT2D eigenvalue weighted by Crippen LogP contribution is -2.30. The summed E-state index contributed by atoms with van der Waals surface area (Å²) >= 11 is 0. The molecule has 3 heteroatoms. The minimum atomic E-state index is -0.230. The van der Waals surface area contributed by atoms with E-state index in [1.807, 2.05) is 6.07 Å². The first kappa shape index (κ1) is 13.5. The molecule has 1 aromatic rings. The number of ether oxygens (including phenoxy) is 1. The summed E-state index contributed by atoms with van der Waals surface area (Å²) in [7, 11) is 0. The minimum absolute atomic E-state index is 0.189. The molecule has 0 spiro atoms. The summed E-state index contributed by atoms with van der Waals surface area (Å²) < 4.78 is 19.3. The molecule has 1 saturated carbocycles. The molecular formula is C15H22FNO. The van der Waals surface area contributed by atoms with Gasteiger partial charge < -0.3 is 10.5 Å². The first-order valence-corrected chi connectivity index (χ1v) is 6.81. The van der Waals surface area contributed by atoms with Gasteiger partial charge in [0.1, 0.15) is 5.82 Å².